The number of pyridine rings is 1. The molecule has 0 aromatic carbocycles. The Morgan fingerprint density at radius 1 is 1.42 bits per heavy atom. The second-order valence-corrected chi connectivity index (χ2v) is 6.20. The van der Waals surface area contributed by atoms with Crippen molar-refractivity contribution in [3.63, 3.8) is 0 Å². The molecule has 0 bridgehead atoms. The first-order valence-corrected chi connectivity index (χ1v) is 7.26. The fraction of sp³-hybridized carbons (Fsp3) is 0.688. The second-order valence-electron chi connectivity index (χ2n) is 6.20. The molecule has 1 heterocycles. The molecule has 3 nitrogen and oxygen atoms in total. The van der Waals surface area contributed by atoms with E-state index in [1.807, 2.05) is 18.5 Å². The van der Waals surface area contributed by atoms with Crippen molar-refractivity contribution < 1.29 is 0 Å². The molecule has 0 spiro atoms. The van der Waals surface area contributed by atoms with Crippen LogP contribution in [-0.4, -0.2) is 36.1 Å². The van der Waals surface area contributed by atoms with E-state index in [9.17, 15) is 0 Å². The maximum absolute atomic E-state index is 4.17. The molecule has 1 N–H and O–H groups in total. The molecule has 0 fully saturated rings. The lowest BCUT2D eigenvalue weighted by Gasteiger charge is -2.36. The summed E-state index contributed by atoms with van der Waals surface area (Å²) in [5, 5.41) is 3.60. The third-order valence-corrected chi connectivity index (χ3v) is 3.73. The molecule has 3 heteroatoms. The van der Waals surface area contributed by atoms with Crippen molar-refractivity contribution in [2.45, 2.75) is 46.7 Å². The second kappa shape index (κ2) is 7.61. The van der Waals surface area contributed by atoms with E-state index < -0.39 is 0 Å². The third kappa shape index (κ3) is 5.70. The first kappa shape index (κ1) is 16.1. The summed E-state index contributed by atoms with van der Waals surface area (Å²) in [6.07, 6.45) is 4.96. The van der Waals surface area contributed by atoms with Crippen molar-refractivity contribution >= 4 is 0 Å². The molecule has 0 aliphatic heterocycles. The lowest BCUT2D eigenvalue weighted by molar-refractivity contribution is 0.160. The summed E-state index contributed by atoms with van der Waals surface area (Å²) < 4.78 is 0. The average Bonchev–Trinajstić information content (AvgIpc) is 2.36. The van der Waals surface area contributed by atoms with Crippen LogP contribution in [-0.2, 0) is 6.54 Å². The van der Waals surface area contributed by atoms with Crippen molar-refractivity contribution in [3.8, 4) is 0 Å². The van der Waals surface area contributed by atoms with Crippen LogP contribution in [0.4, 0.5) is 0 Å². The molecule has 1 aromatic rings. The maximum Gasteiger partial charge on any atom is 0.0312 e. The summed E-state index contributed by atoms with van der Waals surface area (Å²) >= 11 is 0. The highest BCUT2D eigenvalue weighted by Gasteiger charge is 2.26. The van der Waals surface area contributed by atoms with Crippen molar-refractivity contribution in [2.75, 3.05) is 20.1 Å². The van der Waals surface area contributed by atoms with Gasteiger partial charge in [0.25, 0.3) is 0 Å². The van der Waals surface area contributed by atoms with E-state index in [1.54, 1.807) is 0 Å². The largest absolute Gasteiger partial charge is 0.314 e. The Morgan fingerprint density at radius 3 is 2.74 bits per heavy atom. The molecule has 108 valence electrons. The summed E-state index contributed by atoms with van der Waals surface area (Å²) in [4.78, 5) is 6.55. The zero-order valence-electron chi connectivity index (χ0n) is 13.1. The fourth-order valence-electron chi connectivity index (χ4n) is 2.33. The monoisotopic (exact) mass is 263 g/mol. The Kier molecular flexibility index (Phi) is 6.46. The van der Waals surface area contributed by atoms with Gasteiger partial charge in [-0.15, -0.1) is 0 Å². The van der Waals surface area contributed by atoms with Gasteiger partial charge in [0.15, 0.2) is 0 Å². The highest BCUT2D eigenvalue weighted by molar-refractivity contribution is 5.08. The summed E-state index contributed by atoms with van der Waals surface area (Å²) in [6.45, 7) is 12.3. The predicted molar refractivity (Wildman–Crippen MR) is 82.1 cm³/mol. The topological polar surface area (TPSA) is 28.2 Å². The fourth-order valence-corrected chi connectivity index (χ4v) is 2.33. The lowest BCUT2D eigenvalue weighted by Crippen LogP contribution is -2.46. The number of hydrogen-bond donors (Lipinski definition) is 1. The van der Waals surface area contributed by atoms with Crippen LogP contribution < -0.4 is 5.32 Å². The molecule has 1 atom stereocenters. The molecule has 0 radical (unpaired) electrons. The molecule has 19 heavy (non-hydrogen) atoms. The van der Waals surface area contributed by atoms with Crippen molar-refractivity contribution in [2.24, 2.45) is 5.41 Å². The third-order valence-electron chi connectivity index (χ3n) is 3.73. The van der Waals surface area contributed by atoms with Gasteiger partial charge in [-0.1, -0.05) is 26.8 Å². The van der Waals surface area contributed by atoms with E-state index in [-0.39, 0.29) is 5.41 Å². The molecule has 0 aliphatic carbocycles. The Balaban J connectivity index is 2.47. The molecule has 1 rings (SSSR count). The molecule has 1 aromatic heterocycles. The van der Waals surface area contributed by atoms with Gasteiger partial charge >= 0.3 is 0 Å². The van der Waals surface area contributed by atoms with Gasteiger partial charge in [-0.3, -0.25) is 4.98 Å². The molecule has 0 saturated carbocycles. The van der Waals surface area contributed by atoms with Gasteiger partial charge < -0.3 is 10.2 Å². The van der Waals surface area contributed by atoms with Gasteiger partial charge in [0, 0.05) is 31.5 Å². The van der Waals surface area contributed by atoms with Crippen LogP contribution in [0, 0.1) is 5.41 Å². The Morgan fingerprint density at radius 2 is 2.16 bits per heavy atom. The Hall–Kier alpha value is -0.930. The normalized spacial score (nSPS) is 13.8. The molecular formula is C16H29N3. The van der Waals surface area contributed by atoms with Gasteiger partial charge in [0.2, 0.25) is 0 Å². The van der Waals surface area contributed by atoms with Crippen LogP contribution in [0.25, 0.3) is 0 Å². The SMILES string of the molecule is CCCNC(C)C(C)(C)CN(C)Cc1cccnc1. The van der Waals surface area contributed by atoms with E-state index in [0.717, 1.165) is 19.6 Å². The van der Waals surface area contributed by atoms with Gasteiger partial charge in [-0.2, -0.15) is 0 Å². The molecular weight excluding hydrogens is 234 g/mol. The number of nitrogens with zero attached hydrogens (tertiary/aromatic N) is 2. The quantitative estimate of drug-likeness (QED) is 0.781. The van der Waals surface area contributed by atoms with Crippen LogP contribution in [0.15, 0.2) is 24.5 Å². The number of hydrogen-bond acceptors (Lipinski definition) is 3. The average molecular weight is 263 g/mol. The minimum absolute atomic E-state index is 0.256. The highest BCUT2D eigenvalue weighted by atomic mass is 15.1. The van der Waals surface area contributed by atoms with Gasteiger partial charge in [-0.25, -0.2) is 0 Å². The standard InChI is InChI=1S/C16H29N3/c1-6-9-18-14(2)16(3,4)13-19(5)12-15-8-7-10-17-11-15/h7-8,10-11,14,18H,6,9,12-13H2,1-5H3. The van der Waals surface area contributed by atoms with Gasteiger partial charge in [0.1, 0.15) is 0 Å². The predicted octanol–water partition coefficient (Wildman–Crippen LogP) is 2.93. The minimum atomic E-state index is 0.256. The number of aromatic nitrogens is 1. The molecule has 0 saturated heterocycles. The Bertz CT molecular complexity index is 348. The van der Waals surface area contributed by atoms with Crippen LogP contribution >= 0.6 is 0 Å². The van der Waals surface area contributed by atoms with E-state index in [4.69, 9.17) is 0 Å². The minimum Gasteiger partial charge on any atom is -0.314 e. The van der Waals surface area contributed by atoms with Crippen LogP contribution in [0.3, 0.4) is 0 Å². The first-order valence-electron chi connectivity index (χ1n) is 7.26. The van der Waals surface area contributed by atoms with Gasteiger partial charge in [0.05, 0.1) is 0 Å². The summed E-state index contributed by atoms with van der Waals surface area (Å²) in [5.74, 6) is 0. The van der Waals surface area contributed by atoms with Crippen molar-refractivity contribution in [3.05, 3.63) is 30.1 Å². The smallest absolute Gasteiger partial charge is 0.0312 e. The van der Waals surface area contributed by atoms with E-state index >= 15 is 0 Å². The number of rotatable bonds is 8. The summed E-state index contributed by atoms with van der Waals surface area (Å²) in [6, 6.07) is 4.65. The van der Waals surface area contributed by atoms with Crippen LogP contribution in [0.1, 0.15) is 39.7 Å². The zero-order chi connectivity index (χ0) is 14.3. The van der Waals surface area contributed by atoms with Crippen molar-refractivity contribution in [1.29, 1.82) is 0 Å². The summed E-state index contributed by atoms with van der Waals surface area (Å²) in [5.41, 5.74) is 1.53. The van der Waals surface area contributed by atoms with E-state index in [2.05, 4.69) is 56.0 Å². The van der Waals surface area contributed by atoms with Crippen molar-refractivity contribution in [1.82, 2.24) is 15.2 Å². The first-order chi connectivity index (χ1) is 8.95. The van der Waals surface area contributed by atoms with E-state index in [1.165, 1.54) is 12.0 Å². The maximum atomic E-state index is 4.17. The number of nitrogens with one attached hydrogen (secondary N) is 1. The van der Waals surface area contributed by atoms with Crippen LogP contribution in [0.2, 0.25) is 0 Å². The lowest BCUT2D eigenvalue weighted by atomic mass is 9.84. The molecule has 0 amide bonds. The Labute approximate surface area is 118 Å². The van der Waals surface area contributed by atoms with Crippen LogP contribution in [0.5, 0.6) is 0 Å². The molecule has 0 aliphatic rings. The van der Waals surface area contributed by atoms with Gasteiger partial charge in [-0.05, 0) is 44.0 Å². The molecule has 1 unspecified atom stereocenters. The highest BCUT2D eigenvalue weighted by Crippen LogP contribution is 2.22. The summed E-state index contributed by atoms with van der Waals surface area (Å²) in [7, 11) is 2.18. The zero-order valence-corrected chi connectivity index (χ0v) is 13.1. The van der Waals surface area contributed by atoms with E-state index in [0.29, 0.717) is 6.04 Å².